The smallest absolute Gasteiger partial charge is 0.263 e. The number of anilines is 2. The summed E-state index contributed by atoms with van der Waals surface area (Å²) in [4.78, 5) is 39.0. The Hall–Kier alpha value is -3.26. The summed E-state index contributed by atoms with van der Waals surface area (Å²) in [5, 5.41) is 12.2. The number of carbonyl (C=O) groups excluding carboxylic acids is 3. The lowest BCUT2D eigenvalue weighted by Gasteiger charge is -2.20. The van der Waals surface area contributed by atoms with E-state index in [4.69, 9.17) is 11.6 Å². The van der Waals surface area contributed by atoms with Crippen LogP contribution in [0.1, 0.15) is 5.56 Å². The number of nitrogens with one attached hydrogen (secondary N) is 1. The van der Waals surface area contributed by atoms with E-state index in [2.05, 4.69) is 15.7 Å². The molecule has 4 rings (SSSR count). The number of benzene rings is 2. The molecule has 2 aliphatic rings. The minimum absolute atomic E-state index is 0.210. The van der Waals surface area contributed by atoms with Crippen molar-refractivity contribution in [1.82, 2.24) is 5.01 Å². The first-order chi connectivity index (χ1) is 13.4. The van der Waals surface area contributed by atoms with E-state index in [1.807, 2.05) is 19.1 Å². The van der Waals surface area contributed by atoms with E-state index in [0.29, 0.717) is 16.4 Å². The number of nitrogens with zero attached hydrogens (tertiary/aromatic N) is 4. The first-order valence-corrected chi connectivity index (χ1v) is 8.99. The normalized spacial score (nSPS) is 20.6. The predicted molar refractivity (Wildman–Crippen MR) is 103 cm³/mol. The first-order valence-electron chi connectivity index (χ1n) is 8.61. The van der Waals surface area contributed by atoms with E-state index in [1.54, 1.807) is 36.4 Å². The van der Waals surface area contributed by atoms with Gasteiger partial charge in [-0.2, -0.15) is 5.11 Å². The molecule has 1 saturated heterocycles. The molecule has 8 nitrogen and oxygen atoms in total. The van der Waals surface area contributed by atoms with Gasteiger partial charge in [0.25, 0.3) is 11.8 Å². The molecule has 2 heterocycles. The summed E-state index contributed by atoms with van der Waals surface area (Å²) in [6.07, 6.45) is 0. The summed E-state index contributed by atoms with van der Waals surface area (Å²) >= 11 is 5.91. The molecule has 0 saturated carbocycles. The molecule has 0 radical (unpaired) electrons. The molecule has 0 unspecified atom stereocenters. The van der Waals surface area contributed by atoms with E-state index in [9.17, 15) is 14.4 Å². The summed E-state index contributed by atoms with van der Waals surface area (Å²) < 4.78 is 0. The number of hydrogen-bond acceptors (Lipinski definition) is 6. The fourth-order valence-electron chi connectivity index (χ4n) is 3.22. The number of fused-ring (bicyclic) bond motifs is 1. The van der Waals surface area contributed by atoms with Crippen LogP contribution in [0.15, 0.2) is 58.9 Å². The molecule has 0 aliphatic carbocycles. The highest BCUT2D eigenvalue weighted by Gasteiger charge is 2.55. The number of aryl methyl sites for hydroxylation is 1. The van der Waals surface area contributed by atoms with Gasteiger partial charge in [0.15, 0.2) is 12.1 Å². The third-order valence-corrected chi connectivity index (χ3v) is 4.80. The van der Waals surface area contributed by atoms with Crippen LogP contribution in [0.4, 0.5) is 11.4 Å². The van der Waals surface area contributed by atoms with Crippen LogP contribution in [-0.2, 0) is 14.4 Å². The molecule has 0 spiro atoms. The molecule has 0 bridgehead atoms. The maximum atomic E-state index is 12.9. The number of hydrogen-bond donors (Lipinski definition) is 1. The molecule has 28 heavy (non-hydrogen) atoms. The van der Waals surface area contributed by atoms with Crippen molar-refractivity contribution in [2.24, 2.45) is 10.3 Å². The number of halogens is 1. The molecule has 3 amide bonds. The van der Waals surface area contributed by atoms with E-state index >= 15 is 0 Å². The van der Waals surface area contributed by atoms with Crippen LogP contribution in [0.2, 0.25) is 5.02 Å². The molecular formula is C19H16ClN5O3. The van der Waals surface area contributed by atoms with Crippen molar-refractivity contribution in [3.63, 3.8) is 0 Å². The molecule has 9 heteroatoms. The minimum Gasteiger partial charge on any atom is -0.324 e. The van der Waals surface area contributed by atoms with Crippen LogP contribution in [-0.4, -0.2) is 41.4 Å². The number of amides is 3. The fourth-order valence-corrected chi connectivity index (χ4v) is 3.41. The lowest BCUT2D eigenvalue weighted by atomic mass is 10.1. The fraction of sp³-hybridized carbons (Fsp3) is 0.211. The van der Waals surface area contributed by atoms with E-state index in [0.717, 1.165) is 10.5 Å². The maximum Gasteiger partial charge on any atom is 0.263 e. The molecule has 2 aliphatic heterocycles. The van der Waals surface area contributed by atoms with Gasteiger partial charge in [-0.3, -0.25) is 19.4 Å². The Bertz CT molecular complexity index is 991. The number of carbonyl (C=O) groups is 3. The van der Waals surface area contributed by atoms with Crippen molar-refractivity contribution in [2.45, 2.75) is 19.0 Å². The van der Waals surface area contributed by atoms with Gasteiger partial charge < -0.3 is 5.32 Å². The number of rotatable bonds is 4. The third-order valence-electron chi connectivity index (χ3n) is 4.56. The molecule has 2 aromatic carbocycles. The van der Waals surface area contributed by atoms with Crippen molar-refractivity contribution in [2.75, 3.05) is 16.8 Å². The van der Waals surface area contributed by atoms with Crippen LogP contribution in [0.3, 0.4) is 0 Å². The monoisotopic (exact) mass is 397 g/mol. The summed E-state index contributed by atoms with van der Waals surface area (Å²) in [6.45, 7) is 1.71. The quantitative estimate of drug-likeness (QED) is 0.802. The van der Waals surface area contributed by atoms with Crippen LogP contribution < -0.4 is 10.2 Å². The lowest BCUT2D eigenvalue weighted by molar-refractivity contribution is -0.123. The zero-order valence-corrected chi connectivity index (χ0v) is 15.6. The summed E-state index contributed by atoms with van der Waals surface area (Å²) in [5.41, 5.74) is 2.02. The van der Waals surface area contributed by atoms with Gasteiger partial charge in [-0.05, 0) is 37.3 Å². The highest BCUT2D eigenvalue weighted by Crippen LogP contribution is 2.31. The average Bonchev–Trinajstić information content (AvgIpc) is 3.16. The Morgan fingerprint density at radius 1 is 1.14 bits per heavy atom. The van der Waals surface area contributed by atoms with Crippen molar-refractivity contribution in [1.29, 1.82) is 0 Å². The Labute approximate surface area is 165 Å². The Kier molecular flexibility index (Phi) is 4.56. The summed E-state index contributed by atoms with van der Waals surface area (Å²) in [5.74, 6) is -1.28. The van der Waals surface area contributed by atoms with Gasteiger partial charge in [0.2, 0.25) is 5.91 Å². The number of imide groups is 1. The van der Waals surface area contributed by atoms with Gasteiger partial charge in [0.05, 0.1) is 5.69 Å². The van der Waals surface area contributed by atoms with Gasteiger partial charge in [0, 0.05) is 10.7 Å². The SMILES string of the molecule is Cc1ccc(N2C(=O)[C@@H]3[C@@H](N=NN3CC(=O)Nc3cccc(Cl)c3)C2=O)cc1. The Morgan fingerprint density at radius 3 is 2.61 bits per heavy atom. The lowest BCUT2D eigenvalue weighted by Crippen LogP contribution is -2.43. The van der Waals surface area contributed by atoms with Crippen LogP contribution in [0.5, 0.6) is 0 Å². The van der Waals surface area contributed by atoms with Gasteiger partial charge in [0.1, 0.15) is 6.54 Å². The average molecular weight is 398 g/mol. The van der Waals surface area contributed by atoms with Crippen LogP contribution in [0, 0.1) is 6.92 Å². The van der Waals surface area contributed by atoms with Crippen molar-refractivity contribution < 1.29 is 14.4 Å². The predicted octanol–water partition coefficient (Wildman–Crippen LogP) is 2.58. The minimum atomic E-state index is -0.937. The van der Waals surface area contributed by atoms with E-state index in [-0.39, 0.29) is 6.54 Å². The highest BCUT2D eigenvalue weighted by molar-refractivity contribution is 6.31. The molecule has 142 valence electrons. The zero-order chi connectivity index (χ0) is 19.8. The second-order valence-electron chi connectivity index (χ2n) is 6.60. The van der Waals surface area contributed by atoms with Crippen molar-refractivity contribution in [3.05, 3.63) is 59.1 Å². The maximum absolute atomic E-state index is 12.9. The molecule has 1 N–H and O–H groups in total. The second kappa shape index (κ2) is 7.05. The highest BCUT2D eigenvalue weighted by atomic mass is 35.5. The van der Waals surface area contributed by atoms with Gasteiger partial charge in [-0.25, -0.2) is 4.90 Å². The Morgan fingerprint density at radius 2 is 1.89 bits per heavy atom. The molecule has 0 aromatic heterocycles. The molecule has 2 aromatic rings. The zero-order valence-electron chi connectivity index (χ0n) is 14.9. The van der Waals surface area contributed by atoms with Gasteiger partial charge in [-0.15, -0.1) is 0 Å². The van der Waals surface area contributed by atoms with E-state index in [1.165, 1.54) is 5.01 Å². The summed E-state index contributed by atoms with van der Waals surface area (Å²) in [6, 6.07) is 11.9. The largest absolute Gasteiger partial charge is 0.324 e. The first kappa shape index (κ1) is 18.1. The standard InChI is InChI=1S/C19H16ClN5O3/c1-11-5-7-14(8-6-11)25-18(27)16-17(19(25)28)24(23-22-16)10-15(26)21-13-4-2-3-12(20)9-13/h2-9,16-17H,10H2,1H3,(H,21,26)/t16-,17+/m1/s1. The summed E-state index contributed by atoms with van der Waals surface area (Å²) in [7, 11) is 0. The van der Waals surface area contributed by atoms with Crippen molar-refractivity contribution in [3.8, 4) is 0 Å². The van der Waals surface area contributed by atoms with Crippen LogP contribution >= 0.6 is 11.6 Å². The van der Waals surface area contributed by atoms with Gasteiger partial charge >= 0.3 is 0 Å². The Balaban J connectivity index is 1.48. The molecular weight excluding hydrogens is 382 g/mol. The van der Waals surface area contributed by atoms with Crippen molar-refractivity contribution >= 4 is 40.7 Å². The molecule has 1 fully saturated rings. The topological polar surface area (TPSA) is 94.4 Å². The molecule has 2 atom stereocenters. The second-order valence-corrected chi connectivity index (χ2v) is 7.03. The van der Waals surface area contributed by atoms with Gasteiger partial charge in [-0.1, -0.05) is 40.6 Å². The van der Waals surface area contributed by atoms with E-state index < -0.39 is 29.8 Å². The third kappa shape index (κ3) is 3.22. The van der Waals surface area contributed by atoms with Crippen LogP contribution in [0.25, 0.3) is 0 Å².